The Labute approximate surface area is 69.3 Å². The largest absolute Gasteiger partial charge is 0.379 e. The lowest BCUT2D eigenvalue weighted by atomic mass is 9.93. The monoisotopic (exact) mass is 156 g/mol. The second-order valence-corrected chi connectivity index (χ2v) is 3.17. The molecule has 0 bridgehead atoms. The molecule has 0 amide bonds. The van der Waals surface area contributed by atoms with Gasteiger partial charge in [-0.15, -0.1) is 0 Å². The van der Waals surface area contributed by atoms with Crippen LogP contribution in [0.1, 0.15) is 26.7 Å². The fraction of sp³-hybridized carbons (Fsp3) is 1.00. The van der Waals surface area contributed by atoms with Crippen LogP contribution in [0.3, 0.4) is 0 Å². The molecule has 11 heavy (non-hydrogen) atoms. The van der Waals surface area contributed by atoms with Crippen molar-refractivity contribution in [2.24, 2.45) is 5.92 Å². The minimum atomic E-state index is 0.440. The molecule has 1 unspecified atom stereocenters. The van der Waals surface area contributed by atoms with Gasteiger partial charge in [0.25, 0.3) is 0 Å². The van der Waals surface area contributed by atoms with Crippen molar-refractivity contribution in [2.45, 2.75) is 32.8 Å². The lowest BCUT2D eigenvalue weighted by molar-refractivity contribution is 0.0224. The van der Waals surface area contributed by atoms with Crippen LogP contribution in [-0.2, 0) is 4.74 Å². The zero-order valence-electron chi connectivity index (χ0n) is 7.55. The number of hydrogen-bond acceptors (Lipinski definition) is 1. The summed E-state index contributed by atoms with van der Waals surface area (Å²) in [6.07, 6.45) is 2.89. The number of ether oxygens (including phenoxy) is 1. The first-order valence-corrected chi connectivity index (χ1v) is 4.59. The molecule has 0 aromatic carbocycles. The third kappa shape index (κ3) is 2.80. The van der Waals surface area contributed by atoms with Gasteiger partial charge in [-0.05, 0) is 32.6 Å². The second-order valence-electron chi connectivity index (χ2n) is 3.17. The van der Waals surface area contributed by atoms with Gasteiger partial charge in [0.05, 0.1) is 6.10 Å². The Balaban J connectivity index is 2.21. The predicted molar refractivity (Wildman–Crippen MR) is 45.7 cm³/mol. The van der Waals surface area contributed by atoms with Crippen LogP contribution in [-0.4, -0.2) is 25.8 Å². The normalized spacial score (nSPS) is 23.5. The van der Waals surface area contributed by atoms with E-state index in [9.17, 15) is 0 Å². The molecule has 65 valence electrons. The fourth-order valence-electron chi connectivity index (χ4n) is 1.64. The van der Waals surface area contributed by atoms with Gasteiger partial charge >= 0.3 is 0 Å². The summed E-state index contributed by atoms with van der Waals surface area (Å²) >= 11 is 0. The smallest absolute Gasteiger partial charge is 0.0575 e. The van der Waals surface area contributed by atoms with Gasteiger partial charge in [0.2, 0.25) is 0 Å². The summed E-state index contributed by atoms with van der Waals surface area (Å²) in [5.74, 6) is 0.757. The van der Waals surface area contributed by atoms with Crippen LogP contribution >= 0.6 is 0 Å². The predicted octanol–water partition coefficient (Wildman–Crippen LogP) is 1.43. The van der Waals surface area contributed by atoms with Crippen LogP contribution in [0, 0.1) is 5.92 Å². The molecule has 0 N–H and O–H groups in total. The highest BCUT2D eigenvalue weighted by molar-refractivity contribution is 4.72. The van der Waals surface area contributed by atoms with E-state index >= 15 is 0 Å². The van der Waals surface area contributed by atoms with Crippen LogP contribution in [0.4, 0.5) is 0 Å². The average molecular weight is 156 g/mol. The number of hydrogen-bond donors (Lipinski definition) is 0. The fourth-order valence-corrected chi connectivity index (χ4v) is 1.64. The molecule has 0 aromatic heterocycles. The number of piperidine rings is 1. The van der Waals surface area contributed by atoms with E-state index in [0.717, 1.165) is 25.6 Å². The second kappa shape index (κ2) is 4.73. The van der Waals surface area contributed by atoms with Gasteiger partial charge in [-0.2, -0.15) is 0 Å². The third-order valence-corrected chi connectivity index (χ3v) is 2.41. The van der Waals surface area contributed by atoms with Gasteiger partial charge in [0, 0.05) is 19.7 Å². The first kappa shape index (κ1) is 9.01. The van der Waals surface area contributed by atoms with Crippen molar-refractivity contribution >= 4 is 0 Å². The summed E-state index contributed by atoms with van der Waals surface area (Å²) in [6.45, 7) is 7.17. The van der Waals surface area contributed by atoms with Gasteiger partial charge in [-0.25, -0.2) is 5.32 Å². The van der Waals surface area contributed by atoms with Crippen LogP contribution < -0.4 is 5.32 Å². The average Bonchev–Trinajstić information content (AvgIpc) is 2.07. The lowest BCUT2D eigenvalue weighted by Gasteiger charge is -2.26. The molecule has 1 aliphatic heterocycles. The molecule has 0 aromatic rings. The van der Waals surface area contributed by atoms with Gasteiger partial charge in [-0.1, -0.05) is 0 Å². The molecule has 1 radical (unpaired) electrons. The zero-order chi connectivity index (χ0) is 8.10. The van der Waals surface area contributed by atoms with E-state index < -0.39 is 0 Å². The molecule has 2 nitrogen and oxygen atoms in total. The minimum absolute atomic E-state index is 0.440. The first-order valence-electron chi connectivity index (χ1n) is 4.59. The van der Waals surface area contributed by atoms with Gasteiger partial charge < -0.3 is 4.74 Å². The maximum Gasteiger partial charge on any atom is 0.0575 e. The molecule has 0 aliphatic carbocycles. The van der Waals surface area contributed by atoms with Crippen LogP contribution in [0.25, 0.3) is 0 Å². The van der Waals surface area contributed by atoms with E-state index in [0.29, 0.717) is 6.10 Å². The Morgan fingerprint density at radius 2 is 2.09 bits per heavy atom. The highest BCUT2D eigenvalue weighted by Gasteiger charge is 2.19. The standard InChI is InChI=1S/C9H18NO/c1-3-11-8(2)9-4-6-10-7-5-9/h8-9H,3-7H2,1-2H3. The van der Waals surface area contributed by atoms with Crippen molar-refractivity contribution in [3.05, 3.63) is 0 Å². The van der Waals surface area contributed by atoms with Crippen LogP contribution in [0.5, 0.6) is 0 Å². The summed E-state index contributed by atoms with van der Waals surface area (Å²) in [6, 6.07) is 0. The van der Waals surface area contributed by atoms with Gasteiger partial charge in [0.15, 0.2) is 0 Å². The van der Waals surface area contributed by atoms with E-state index in [2.05, 4.69) is 19.2 Å². The summed E-state index contributed by atoms with van der Waals surface area (Å²) in [4.78, 5) is 0. The number of nitrogens with zero attached hydrogens (tertiary/aromatic N) is 1. The Kier molecular flexibility index (Phi) is 3.87. The maximum absolute atomic E-state index is 5.54. The molecular weight excluding hydrogens is 138 g/mol. The number of rotatable bonds is 3. The first-order chi connectivity index (χ1) is 5.34. The summed E-state index contributed by atoms with van der Waals surface area (Å²) in [5.41, 5.74) is 0. The molecule has 1 heterocycles. The quantitative estimate of drug-likeness (QED) is 0.606. The molecular formula is C9H18NO. The summed E-state index contributed by atoms with van der Waals surface area (Å²) in [7, 11) is 0. The highest BCUT2D eigenvalue weighted by Crippen LogP contribution is 2.18. The van der Waals surface area contributed by atoms with Crippen molar-refractivity contribution in [2.75, 3.05) is 19.7 Å². The van der Waals surface area contributed by atoms with Crippen molar-refractivity contribution in [3.8, 4) is 0 Å². The third-order valence-electron chi connectivity index (χ3n) is 2.41. The molecule has 1 rings (SSSR count). The van der Waals surface area contributed by atoms with Crippen molar-refractivity contribution < 1.29 is 4.74 Å². The van der Waals surface area contributed by atoms with Crippen LogP contribution in [0.2, 0.25) is 0 Å². The zero-order valence-corrected chi connectivity index (χ0v) is 7.55. The van der Waals surface area contributed by atoms with E-state index in [1.54, 1.807) is 0 Å². The molecule has 1 aliphatic rings. The Morgan fingerprint density at radius 1 is 1.45 bits per heavy atom. The van der Waals surface area contributed by atoms with E-state index in [1.807, 2.05) is 0 Å². The lowest BCUT2D eigenvalue weighted by Crippen LogP contribution is -2.30. The van der Waals surface area contributed by atoms with Crippen LogP contribution in [0.15, 0.2) is 0 Å². The van der Waals surface area contributed by atoms with E-state index in [1.165, 1.54) is 12.8 Å². The van der Waals surface area contributed by atoms with Gasteiger partial charge in [0.1, 0.15) is 0 Å². The molecule has 1 saturated heterocycles. The van der Waals surface area contributed by atoms with Gasteiger partial charge in [-0.3, -0.25) is 0 Å². The van der Waals surface area contributed by atoms with Crippen molar-refractivity contribution in [1.29, 1.82) is 0 Å². The minimum Gasteiger partial charge on any atom is -0.379 e. The molecule has 1 atom stereocenters. The molecule has 0 spiro atoms. The van der Waals surface area contributed by atoms with E-state index in [4.69, 9.17) is 4.74 Å². The topological polar surface area (TPSA) is 23.3 Å². The summed E-state index contributed by atoms with van der Waals surface area (Å²) in [5, 5.41) is 4.31. The summed E-state index contributed by atoms with van der Waals surface area (Å²) < 4.78 is 5.54. The Morgan fingerprint density at radius 3 is 2.64 bits per heavy atom. The highest BCUT2D eigenvalue weighted by atomic mass is 16.5. The van der Waals surface area contributed by atoms with Crippen molar-refractivity contribution in [3.63, 3.8) is 0 Å². The SMILES string of the molecule is CCOC(C)C1CC[N]CC1. The Bertz CT molecular complexity index is 99.7. The molecule has 1 fully saturated rings. The van der Waals surface area contributed by atoms with Crippen molar-refractivity contribution in [1.82, 2.24) is 5.32 Å². The van der Waals surface area contributed by atoms with E-state index in [-0.39, 0.29) is 0 Å². The molecule has 2 heteroatoms. The Hall–Kier alpha value is -0.0800. The maximum atomic E-state index is 5.54. The molecule has 0 saturated carbocycles.